The number of aromatic carboxylic acids is 1. The van der Waals surface area contributed by atoms with Crippen LogP contribution in [0.5, 0.6) is 0 Å². The van der Waals surface area contributed by atoms with Crippen molar-refractivity contribution in [3.8, 4) is 22.9 Å². The van der Waals surface area contributed by atoms with Gasteiger partial charge in [0.15, 0.2) is 19.7 Å². The average Bonchev–Trinajstić information content (AvgIpc) is 1.77. The van der Waals surface area contributed by atoms with E-state index >= 15 is 0 Å². The third-order valence-corrected chi connectivity index (χ3v) is 17.1. The number of alkyl halides is 3. The monoisotopic (exact) mass is 1320 g/mol. The average molecular weight is 1320 g/mol. The molecule has 2 aliphatic heterocycles. The van der Waals surface area contributed by atoms with Crippen LogP contribution in [-0.4, -0.2) is 147 Å². The van der Waals surface area contributed by atoms with Crippen LogP contribution in [0.15, 0.2) is 165 Å². The van der Waals surface area contributed by atoms with E-state index in [9.17, 15) is 39.6 Å². The topological polar surface area (TPSA) is 301 Å². The van der Waals surface area contributed by atoms with Crippen molar-refractivity contribution in [2.45, 2.75) is 82.1 Å². The number of sulfone groups is 2. The summed E-state index contributed by atoms with van der Waals surface area (Å²) in [4.78, 5) is 54.4. The van der Waals surface area contributed by atoms with E-state index < -0.39 is 37.8 Å². The molecule has 91 heavy (non-hydrogen) atoms. The Morgan fingerprint density at radius 1 is 0.582 bits per heavy atom. The minimum Gasteiger partial charge on any atom is -0.478 e. The van der Waals surface area contributed by atoms with Crippen molar-refractivity contribution >= 4 is 49.9 Å². The van der Waals surface area contributed by atoms with Crippen molar-refractivity contribution in [3.63, 3.8) is 0 Å². The number of carbonyl (C=O) groups is 3. The normalized spacial score (nSPS) is 13.3. The Hall–Kier alpha value is -8.21. The molecule has 0 unspecified atom stereocenters. The number of amides is 1. The number of hydrogen-bond acceptors (Lipinski definition) is 18. The minimum atomic E-state index is -5.08. The molecule has 10 rings (SSSR count). The molecule has 4 aromatic heterocycles. The van der Waals surface area contributed by atoms with Gasteiger partial charge in [0.2, 0.25) is 11.8 Å². The summed E-state index contributed by atoms with van der Waals surface area (Å²) in [6, 6.07) is 34.5. The van der Waals surface area contributed by atoms with Crippen molar-refractivity contribution in [2.75, 3.05) is 65.7 Å². The van der Waals surface area contributed by atoms with E-state index in [4.69, 9.17) is 39.0 Å². The molecule has 0 radical (unpaired) electrons. The van der Waals surface area contributed by atoms with Gasteiger partial charge < -0.3 is 39.6 Å². The number of carbonyl (C=O) groups excluding carboxylic acids is 1. The summed E-state index contributed by atoms with van der Waals surface area (Å²) in [7, 11) is -7.21. The molecule has 2 saturated heterocycles. The molecule has 8 aromatic rings. The zero-order chi connectivity index (χ0) is 63.3. The van der Waals surface area contributed by atoms with E-state index in [2.05, 4.69) is 35.1 Å². The van der Waals surface area contributed by atoms with Crippen molar-refractivity contribution in [2.24, 2.45) is 5.73 Å². The molecule has 27 heteroatoms. The lowest BCUT2D eigenvalue weighted by molar-refractivity contribution is -0.192. The molecule has 2 fully saturated rings. The number of benzene rings is 4. The van der Waals surface area contributed by atoms with Gasteiger partial charge >= 0.3 is 18.1 Å². The van der Waals surface area contributed by atoms with E-state index in [1.807, 2.05) is 48.5 Å². The molecule has 0 spiro atoms. The highest BCUT2D eigenvalue weighted by molar-refractivity contribution is 7.91. The van der Waals surface area contributed by atoms with Crippen LogP contribution in [0.1, 0.15) is 80.7 Å². The summed E-state index contributed by atoms with van der Waals surface area (Å²) in [5, 5.41) is 19.0. The molecule has 0 aliphatic carbocycles. The summed E-state index contributed by atoms with van der Waals surface area (Å²) < 4.78 is 106. The van der Waals surface area contributed by atoms with Crippen LogP contribution in [0.4, 0.5) is 13.2 Å². The fourth-order valence-electron chi connectivity index (χ4n) is 8.67. The van der Waals surface area contributed by atoms with Crippen LogP contribution in [0.3, 0.4) is 0 Å². The van der Waals surface area contributed by atoms with E-state index in [1.165, 1.54) is 12.1 Å². The molecule has 1 amide bonds. The highest BCUT2D eigenvalue weighted by Crippen LogP contribution is 2.28. The maximum absolute atomic E-state index is 13.1. The number of halogens is 4. The number of pyridine rings is 2. The molecular weight excluding hydrogens is 1250 g/mol. The van der Waals surface area contributed by atoms with E-state index in [0.717, 1.165) is 101 Å². The summed E-state index contributed by atoms with van der Waals surface area (Å²) in [6.45, 7) is 12.9. The molecule has 0 bridgehead atoms. The van der Waals surface area contributed by atoms with Gasteiger partial charge in [0.05, 0.1) is 53.2 Å². The maximum atomic E-state index is 13.1. The number of carboxylic acids is 2. The van der Waals surface area contributed by atoms with Crippen molar-refractivity contribution in [1.82, 2.24) is 35.1 Å². The Morgan fingerprint density at radius 3 is 1.31 bits per heavy atom. The van der Waals surface area contributed by atoms with E-state index in [-0.39, 0.29) is 65.9 Å². The van der Waals surface area contributed by atoms with E-state index in [1.54, 1.807) is 99.3 Å². The quantitative estimate of drug-likeness (QED) is 0.0585. The van der Waals surface area contributed by atoms with Crippen molar-refractivity contribution in [3.05, 3.63) is 202 Å². The first-order chi connectivity index (χ1) is 42.1. The lowest BCUT2D eigenvalue weighted by Gasteiger charge is -2.26. The summed E-state index contributed by atoms with van der Waals surface area (Å²) in [5.41, 5.74) is 12.1. The van der Waals surface area contributed by atoms with Crippen LogP contribution in [-0.2, 0) is 71.4 Å². The van der Waals surface area contributed by atoms with Crippen LogP contribution in [0, 0.1) is 13.8 Å². The van der Waals surface area contributed by atoms with Gasteiger partial charge in [-0.05, 0) is 134 Å². The highest BCUT2D eigenvalue weighted by Gasteiger charge is 2.38. The Bertz CT molecular complexity index is 3760. The number of aromatic nitrogens is 4. The summed E-state index contributed by atoms with van der Waals surface area (Å²) >= 11 is 0. The first kappa shape index (κ1) is 75.2. The molecule has 6 heterocycles. The molecular formula is C64H76ClF3N8O13S2. The largest absolute Gasteiger partial charge is 0.490 e. The van der Waals surface area contributed by atoms with Crippen LogP contribution in [0.2, 0.25) is 0 Å². The predicted molar refractivity (Wildman–Crippen MR) is 339 cm³/mol. The summed E-state index contributed by atoms with van der Waals surface area (Å²) in [5.74, 6) is -3.10. The van der Waals surface area contributed by atoms with Gasteiger partial charge in [0.25, 0.3) is 5.91 Å². The molecule has 5 N–H and O–H groups in total. The van der Waals surface area contributed by atoms with Gasteiger partial charge in [-0.3, -0.25) is 24.6 Å². The molecule has 0 saturated carbocycles. The minimum absolute atomic E-state index is 0. The second kappa shape index (κ2) is 36.0. The molecule has 4 aromatic carbocycles. The number of morpholine rings is 2. The van der Waals surface area contributed by atoms with Gasteiger partial charge in [-0.15, -0.1) is 12.4 Å². The number of aliphatic carboxylic acids is 1. The third kappa shape index (κ3) is 23.5. The van der Waals surface area contributed by atoms with Gasteiger partial charge in [-0.2, -0.15) is 13.2 Å². The maximum Gasteiger partial charge on any atom is 0.490 e. The smallest absolute Gasteiger partial charge is 0.478 e. The first-order valence-electron chi connectivity index (χ1n) is 27.7. The van der Waals surface area contributed by atoms with Crippen LogP contribution < -0.4 is 11.1 Å². The lowest BCUT2D eigenvalue weighted by Crippen LogP contribution is -2.37. The fourth-order valence-corrected chi connectivity index (χ4v) is 11.4. The zero-order valence-electron chi connectivity index (χ0n) is 48.7. The number of aryl methyl sites for hydroxylation is 2. The fraction of sp³-hybridized carbons (Fsp3) is 0.328. The highest BCUT2D eigenvalue weighted by atomic mass is 35.5. The SMILES string of the molecule is C.C.Cc1oc(-c2ccc(C(=O)NCc3cccnc3)cc2)nc1CS(=O)(=O)c1ccc(CCN2CCOCC2)cc1.Cc1oc(-c2ccc(C(=O)O)cc2)nc1CS(=O)(=O)c1ccc(CCN2CCOCC2)cc1.Cl.NCc1cccnc1.O=C(O)C(F)(F)F. The Labute approximate surface area is 534 Å². The molecule has 0 atom stereocenters. The van der Waals surface area contributed by atoms with Crippen molar-refractivity contribution in [1.29, 1.82) is 0 Å². The van der Waals surface area contributed by atoms with Crippen LogP contribution >= 0.6 is 12.4 Å². The number of rotatable bonds is 19. The number of nitrogens with two attached hydrogens (primary N) is 1. The number of carboxylic acid groups (broad SMARTS) is 2. The molecule has 2 aliphatic rings. The number of ether oxygens (including phenoxy) is 2. The van der Waals surface area contributed by atoms with Gasteiger partial charge in [-0.25, -0.2) is 36.4 Å². The second-order valence-electron chi connectivity index (χ2n) is 20.1. The van der Waals surface area contributed by atoms with Crippen LogP contribution in [0.25, 0.3) is 22.9 Å². The van der Waals surface area contributed by atoms with E-state index in [0.29, 0.717) is 58.6 Å². The third-order valence-electron chi connectivity index (χ3n) is 13.8. The lowest BCUT2D eigenvalue weighted by atomic mass is 10.1. The molecule has 21 nitrogen and oxygen atoms in total. The first-order valence-corrected chi connectivity index (χ1v) is 31.0. The van der Waals surface area contributed by atoms with Gasteiger partial charge in [0, 0.05) is 93.8 Å². The Morgan fingerprint density at radius 2 is 0.967 bits per heavy atom. The predicted octanol–water partition coefficient (Wildman–Crippen LogP) is 9.89. The number of hydrogen-bond donors (Lipinski definition) is 4. The number of nitrogens with zero attached hydrogens (tertiary/aromatic N) is 6. The zero-order valence-corrected chi connectivity index (χ0v) is 51.1. The van der Waals surface area contributed by atoms with Gasteiger partial charge in [0.1, 0.15) is 23.0 Å². The standard InChI is InChI=1S/C30H32N4O5S.C24H26N2O6S.C6H8N2.C2HF3O2.2CH4.ClH/c1-22-28(21-40(36,37)27-10-4-23(5-11-27)12-14-34-15-17-38-18-16-34)33-30(39-22)26-8-6-25(7-9-26)29(35)32-20-24-3-2-13-31-19-24;1-17-22(25-23(32-17)19-4-6-20(7-5-19)24(27)28)16-33(29,30)21-8-2-18(3-9-21)10-11-26-12-14-31-15-13-26;7-4-6-2-1-3-8-5-6;3-2(4,5)1(6)7;;;/h2-11,13,19H,12,14-18,20-21H2,1H3,(H,32,35);2-9H,10-16H2,1H3,(H,27,28);1-3,5H,4,7H2;(H,6,7);2*1H4;1H. The number of nitrogens with one attached hydrogen (secondary N) is 1. The van der Waals surface area contributed by atoms with Gasteiger partial charge in [-0.1, -0.05) is 51.3 Å². The Balaban J connectivity index is 0.000000310. The number of oxazole rings is 2. The molecule has 490 valence electrons. The Kier molecular flexibility index (Phi) is 29.8. The summed E-state index contributed by atoms with van der Waals surface area (Å²) in [6.07, 6.45) is 3.51. The van der Waals surface area contributed by atoms with Crippen molar-refractivity contribution < 1.29 is 72.9 Å². The second-order valence-corrected chi connectivity index (χ2v) is 24.1.